The lowest BCUT2D eigenvalue weighted by Crippen LogP contribution is -2.44. The van der Waals surface area contributed by atoms with E-state index in [1.807, 2.05) is 35.2 Å². The van der Waals surface area contributed by atoms with Crippen LogP contribution in [0.1, 0.15) is 34.6 Å². The SMILES string of the molecule is CC(=O)Oc1ccc(N2C(=O)[C@@H]3[C@H](C2=O)[C@H]2c4ccccc4C=CN2[C@H]3C(=O)c2ccco2)cc1. The van der Waals surface area contributed by atoms with Crippen LogP contribution in [0.25, 0.3) is 6.08 Å². The Labute approximate surface area is 200 Å². The number of furan rings is 1. The summed E-state index contributed by atoms with van der Waals surface area (Å²) in [6.45, 7) is 1.29. The number of ether oxygens (including phenoxy) is 1. The van der Waals surface area contributed by atoms with Gasteiger partial charge in [-0.05, 0) is 53.6 Å². The van der Waals surface area contributed by atoms with Crippen molar-refractivity contribution < 1.29 is 28.3 Å². The van der Waals surface area contributed by atoms with Gasteiger partial charge in [0.25, 0.3) is 0 Å². The van der Waals surface area contributed by atoms with Crippen molar-refractivity contribution in [2.24, 2.45) is 11.8 Å². The Morgan fingerprint density at radius 3 is 2.37 bits per heavy atom. The molecular formula is C27H20N2O6. The van der Waals surface area contributed by atoms with Crippen LogP contribution >= 0.6 is 0 Å². The topological polar surface area (TPSA) is 97.1 Å². The van der Waals surface area contributed by atoms with Gasteiger partial charge in [-0.25, -0.2) is 4.90 Å². The van der Waals surface area contributed by atoms with Crippen molar-refractivity contribution in [1.82, 2.24) is 4.90 Å². The molecule has 8 heteroatoms. The van der Waals surface area contributed by atoms with E-state index < -0.39 is 35.8 Å². The van der Waals surface area contributed by atoms with Crippen LogP contribution in [-0.2, 0) is 14.4 Å². The molecular weight excluding hydrogens is 448 g/mol. The van der Waals surface area contributed by atoms with Crippen molar-refractivity contribution in [3.05, 3.63) is 90.0 Å². The number of ketones is 1. The molecule has 2 aromatic carbocycles. The van der Waals surface area contributed by atoms with Gasteiger partial charge < -0.3 is 14.1 Å². The van der Waals surface area contributed by atoms with E-state index in [9.17, 15) is 19.2 Å². The number of fused-ring (bicyclic) bond motifs is 5. The molecule has 3 aliphatic heterocycles. The normalized spacial score (nSPS) is 24.3. The Hall–Kier alpha value is -4.46. The third kappa shape index (κ3) is 3.13. The summed E-state index contributed by atoms with van der Waals surface area (Å²) in [5.41, 5.74) is 2.21. The fourth-order valence-electron chi connectivity index (χ4n) is 5.51. The maximum absolute atomic E-state index is 13.8. The molecule has 0 aliphatic carbocycles. The molecule has 174 valence electrons. The van der Waals surface area contributed by atoms with Crippen LogP contribution in [0.3, 0.4) is 0 Å². The van der Waals surface area contributed by atoms with E-state index in [0.29, 0.717) is 11.4 Å². The number of hydrogen-bond acceptors (Lipinski definition) is 7. The summed E-state index contributed by atoms with van der Waals surface area (Å²) < 4.78 is 10.4. The molecule has 0 saturated carbocycles. The zero-order chi connectivity index (χ0) is 24.3. The highest BCUT2D eigenvalue weighted by Crippen LogP contribution is 2.53. The van der Waals surface area contributed by atoms with Crippen LogP contribution in [0.15, 0.2) is 77.5 Å². The van der Waals surface area contributed by atoms with Crippen LogP contribution < -0.4 is 9.64 Å². The van der Waals surface area contributed by atoms with Gasteiger partial charge in [0, 0.05) is 13.1 Å². The fourth-order valence-corrected chi connectivity index (χ4v) is 5.51. The Morgan fingerprint density at radius 2 is 1.66 bits per heavy atom. The van der Waals surface area contributed by atoms with Gasteiger partial charge in [-0.3, -0.25) is 19.2 Å². The van der Waals surface area contributed by atoms with Gasteiger partial charge in [0.05, 0.1) is 29.8 Å². The van der Waals surface area contributed by atoms with E-state index in [1.165, 1.54) is 25.3 Å². The predicted octanol–water partition coefficient (Wildman–Crippen LogP) is 3.60. The summed E-state index contributed by atoms with van der Waals surface area (Å²) in [6, 6.07) is 15.7. The predicted molar refractivity (Wildman–Crippen MR) is 124 cm³/mol. The number of hydrogen-bond donors (Lipinski definition) is 0. The highest BCUT2D eigenvalue weighted by atomic mass is 16.5. The summed E-state index contributed by atoms with van der Waals surface area (Å²) in [5.74, 6) is -2.79. The van der Waals surface area contributed by atoms with Gasteiger partial charge >= 0.3 is 5.97 Å². The highest BCUT2D eigenvalue weighted by Gasteiger charge is 2.64. The molecule has 2 saturated heterocycles. The molecule has 0 bridgehead atoms. The lowest BCUT2D eigenvalue weighted by atomic mass is 9.84. The number of Topliss-reactive ketones (excluding diaryl/α,β-unsaturated/α-hetero) is 1. The van der Waals surface area contributed by atoms with Crippen molar-refractivity contribution in [2.45, 2.75) is 19.0 Å². The molecule has 4 atom stereocenters. The lowest BCUT2D eigenvalue weighted by molar-refractivity contribution is -0.132. The number of esters is 1. The molecule has 1 aromatic heterocycles. The zero-order valence-corrected chi connectivity index (χ0v) is 18.7. The summed E-state index contributed by atoms with van der Waals surface area (Å²) in [4.78, 5) is 55.4. The fraction of sp³-hybridized carbons (Fsp3) is 0.185. The van der Waals surface area contributed by atoms with Crippen LogP contribution in [0, 0.1) is 11.8 Å². The molecule has 0 N–H and O–H groups in total. The number of benzene rings is 2. The Bertz CT molecular complexity index is 1390. The minimum absolute atomic E-state index is 0.145. The minimum Gasteiger partial charge on any atom is -0.461 e. The van der Waals surface area contributed by atoms with E-state index in [2.05, 4.69) is 0 Å². The third-order valence-corrected chi connectivity index (χ3v) is 6.85. The quantitative estimate of drug-likeness (QED) is 0.250. The van der Waals surface area contributed by atoms with Crippen molar-refractivity contribution >= 4 is 35.3 Å². The first-order valence-corrected chi connectivity index (χ1v) is 11.2. The number of anilines is 1. The first-order valence-electron chi connectivity index (χ1n) is 11.2. The van der Waals surface area contributed by atoms with Crippen LogP contribution in [0.4, 0.5) is 5.69 Å². The maximum Gasteiger partial charge on any atom is 0.308 e. The maximum atomic E-state index is 13.8. The molecule has 3 aromatic rings. The second-order valence-electron chi connectivity index (χ2n) is 8.77. The van der Waals surface area contributed by atoms with Crippen LogP contribution in [-0.4, -0.2) is 34.5 Å². The molecule has 0 radical (unpaired) electrons. The van der Waals surface area contributed by atoms with Crippen LogP contribution in [0.5, 0.6) is 5.75 Å². The number of nitrogens with zero attached hydrogens (tertiary/aromatic N) is 2. The van der Waals surface area contributed by atoms with Crippen molar-refractivity contribution in [2.75, 3.05) is 4.90 Å². The summed E-state index contributed by atoms with van der Waals surface area (Å²) >= 11 is 0. The van der Waals surface area contributed by atoms with E-state index in [0.717, 1.165) is 16.0 Å². The standard InChI is InChI=1S/C27H20N2O6/c1-15(30)35-18-10-8-17(9-11-18)29-26(32)21-22(27(29)33)24(25(31)20-7-4-14-34-20)28-13-12-16-5-2-3-6-19(16)23(21)28/h2-14,21-24H,1H3/t21-,22+,23+,24+/m0/s1. The number of imide groups is 1. The van der Waals surface area contributed by atoms with Gasteiger partial charge in [-0.15, -0.1) is 0 Å². The van der Waals surface area contributed by atoms with Crippen molar-refractivity contribution in [1.29, 1.82) is 0 Å². The Kier molecular flexibility index (Phi) is 4.70. The summed E-state index contributed by atoms with van der Waals surface area (Å²) in [6.07, 6.45) is 5.11. The molecule has 2 amide bonds. The number of carbonyl (C=O) groups excluding carboxylic acids is 4. The average molecular weight is 468 g/mol. The van der Waals surface area contributed by atoms with E-state index in [-0.39, 0.29) is 17.5 Å². The molecule has 2 fully saturated rings. The number of rotatable bonds is 4. The molecule has 3 aliphatic rings. The van der Waals surface area contributed by atoms with E-state index >= 15 is 0 Å². The average Bonchev–Trinajstić information content (AvgIpc) is 3.56. The van der Waals surface area contributed by atoms with E-state index in [4.69, 9.17) is 9.15 Å². The molecule has 35 heavy (non-hydrogen) atoms. The van der Waals surface area contributed by atoms with Crippen molar-refractivity contribution in [3.63, 3.8) is 0 Å². The Morgan fingerprint density at radius 1 is 0.914 bits per heavy atom. The van der Waals surface area contributed by atoms with Crippen LogP contribution in [0.2, 0.25) is 0 Å². The second kappa shape index (κ2) is 7.80. The van der Waals surface area contributed by atoms with Crippen molar-refractivity contribution in [3.8, 4) is 5.75 Å². The van der Waals surface area contributed by atoms with Gasteiger partial charge in [-0.1, -0.05) is 24.3 Å². The summed E-state index contributed by atoms with van der Waals surface area (Å²) in [7, 11) is 0. The Balaban J connectivity index is 1.44. The molecule has 0 unspecified atom stereocenters. The van der Waals surface area contributed by atoms with Gasteiger partial charge in [-0.2, -0.15) is 0 Å². The third-order valence-electron chi connectivity index (χ3n) is 6.85. The smallest absolute Gasteiger partial charge is 0.308 e. The molecule has 0 spiro atoms. The molecule has 6 rings (SSSR count). The minimum atomic E-state index is -0.887. The number of amides is 2. The molecule has 4 heterocycles. The molecule has 8 nitrogen and oxygen atoms in total. The first-order chi connectivity index (χ1) is 17.0. The second-order valence-corrected chi connectivity index (χ2v) is 8.77. The summed E-state index contributed by atoms with van der Waals surface area (Å²) in [5, 5.41) is 0. The van der Waals surface area contributed by atoms with Gasteiger partial charge in [0.15, 0.2) is 5.76 Å². The van der Waals surface area contributed by atoms with Gasteiger partial charge in [0.2, 0.25) is 17.6 Å². The lowest BCUT2D eigenvalue weighted by Gasteiger charge is -2.35. The zero-order valence-electron chi connectivity index (χ0n) is 18.7. The van der Waals surface area contributed by atoms with E-state index in [1.54, 1.807) is 30.5 Å². The van der Waals surface area contributed by atoms with Gasteiger partial charge in [0.1, 0.15) is 11.8 Å². The number of carbonyl (C=O) groups is 4. The largest absolute Gasteiger partial charge is 0.461 e. The highest BCUT2D eigenvalue weighted by molar-refractivity contribution is 6.24. The monoisotopic (exact) mass is 468 g/mol. The first kappa shape index (κ1) is 21.1.